The molecule has 13 heteroatoms. The van der Waals surface area contributed by atoms with E-state index in [4.69, 9.17) is 34.5 Å². The van der Waals surface area contributed by atoms with E-state index in [0.717, 1.165) is 54.8 Å². The van der Waals surface area contributed by atoms with E-state index < -0.39 is 12.0 Å². The maximum absolute atomic E-state index is 12.4. The van der Waals surface area contributed by atoms with E-state index in [-0.39, 0.29) is 31.0 Å². The zero-order valence-electron chi connectivity index (χ0n) is 25.9. The maximum atomic E-state index is 12.4. The molecule has 0 bridgehead atoms. The number of benzene rings is 1. The molecule has 0 spiro atoms. The maximum Gasteiger partial charge on any atom is 0.407 e. The van der Waals surface area contributed by atoms with Crippen LogP contribution in [0.5, 0.6) is 5.75 Å². The van der Waals surface area contributed by atoms with Crippen LogP contribution in [0.25, 0.3) is 0 Å². The molecule has 3 rings (SSSR count). The van der Waals surface area contributed by atoms with E-state index >= 15 is 0 Å². The van der Waals surface area contributed by atoms with Gasteiger partial charge in [0.1, 0.15) is 18.5 Å². The minimum Gasteiger partial charge on any atom is -0.491 e. The monoisotopic (exact) mass is 617 g/mol. The molecule has 2 unspecified atom stereocenters. The lowest BCUT2D eigenvalue weighted by Crippen LogP contribution is -2.34. The van der Waals surface area contributed by atoms with Crippen molar-refractivity contribution in [1.29, 1.82) is 0 Å². The van der Waals surface area contributed by atoms with Crippen molar-refractivity contribution in [3.63, 3.8) is 0 Å². The highest BCUT2D eigenvalue weighted by Crippen LogP contribution is 2.35. The third-order valence-corrected chi connectivity index (χ3v) is 7.38. The van der Waals surface area contributed by atoms with Crippen LogP contribution in [0.15, 0.2) is 40.6 Å². The first kappa shape index (κ1) is 34.8. The number of hydrogen-bond acceptors (Lipinski definition) is 10. The lowest BCUT2D eigenvalue weighted by molar-refractivity contribution is -0.122. The number of hydrogen-bond donors (Lipinski definition) is 4. The number of hydrazone groups is 1. The Morgan fingerprint density at radius 3 is 2.36 bits per heavy atom. The number of rotatable bonds is 18. The van der Waals surface area contributed by atoms with Crippen molar-refractivity contribution in [3.05, 3.63) is 41.1 Å². The molecule has 0 radical (unpaired) electrons. The zero-order chi connectivity index (χ0) is 31.6. The molecular formula is C31H47N5O8. The first-order valence-electron chi connectivity index (χ1n) is 15.3. The number of carbonyl (C=O) groups is 3. The van der Waals surface area contributed by atoms with Crippen molar-refractivity contribution < 1.29 is 38.1 Å². The van der Waals surface area contributed by atoms with E-state index in [1.807, 2.05) is 24.3 Å². The standard InChI is InChI=1S/C31H47N5O8/c1-22-26-5-3-4-25(44-31(39)34-14-17-42-19-18-40-15-12-28(32)37)10-11-27(26)30(36-35-22)23-6-8-24(9-7-23)43-21-20-41-16-13-29(38)33-2/h6-9,25,27,35H,3-5,10-21H2,1-2H3,(H2,32,37)(H,33,38)(H,34,39). The number of alkyl carbamates (subject to hydrolysis) is 1. The molecule has 2 atom stereocenters. The van der Waals surface area contributed by atoms with Gasteiger partial charge in [0.15, 0.2) is 0 Å². The molecule has 0 aromatic heterocycles. The van der Waals surface area contributed by atoms with Gasteiger partial charge in [-0.3, -0.25) is 15.0 Å². The summed E-state index contributed by atoms with van der Waals surface area (Å²) in [6.45, 7) is 4.86. The van der Waals surface area contributed by atoms with Gasteiger partial charge in [0, 0.05) is 38.0 Å². The third kappa shape index (κ3) is 12.5. The fourth-order valence-electron chi connectivity index (χ4n) is 5.04. The number of carbonyl (C=O) groups excluding carboxylic acids is 3. The van der Waals surface area contributed by atoms with Gasteiger partial charge in [-0.05, 0) is 74.4 Å². The van der Waals surface area contributed by atoms with Crippen LogP contribution in [-0.2, 0) is 28.5 Å². The number of ether oxygens (including phenoxy) is 5. The largest absolute Gasteiger partial charge is 0.491 e. The van der Waals surface area contributed by atoms with Crippen molar-refractivity contribution in [2.24, 2.45) is 16.8 Å². The Kier molecular flexibility index (Phi) is 15.5. The van der Waals surface area contributed by atoms with E-state index in [1.165, 1.54) is 5.57 Å². The Hall–Kier alpha value is -3.68. The average Bonchev–Trinajstić information content (AvgIpc) is 3.00. The molecule has 1 aliphatic heterocycles. The highest BCUT2D eigenvalue weighted by molar-refractivity contribution is 6.04. The Bertz CT molecular complexity index is 1120. The van der Waals surface area contributed by atoms with Crippen molar-refractivity contribution in [1.82, 2.24) is 16.1 Å². The molecule has 1 saturated carbocycles. The molecule has 44 heavy (non-hydrogen) atoms. The lowest BCUT2D eigenvalue weighted by atomic mass is 9.79. The molecule has 1 aromatic carbocycles. The SMILES string of the molecule is CNC(=O)CCOCCOc1ccc(C2=NNC(C)=C3CCCC(OC(=O)NCCOCCOCCC(N)=O)CCC23)cc1. The van der Waals surface area contributed by atoms with Crippen LogP contribution in [0.1, 0.15) is 57.4 Å². The number of fused-ring (bicyclic) bond motifs is 1. The summed E-state index contributed by atoms with van der Waals surface area (Å²) in [5.41, 5.74) is 12.7. The summed E-state index contributed by atoms with van der Waals surface area (Å²) < 4.78 is 27.7. The van der Waals surface area contributed by atoms with Gasteiger partial charge in [-0.1, -0.05) is 0 Å². The molecule has 244 valence electrons. The van der Waals surface area contributed by atoms with Crippen LogP contribution < -0.4 is 26.5 Å². The summed E-state index contributed by atoms with van der Waals surface area (Å²) in [6, 6.07) is 7.87. The lowest BCUT2D eigenvalue weighted by Gasteiger charge is -2.32. The summed E-state index contributed by atoms with van der Waals surface area (Å²) in [4.78, 5) is 34.4. The third-order valence-electron chi connectivity index (χ3n) is 7.38. The number of primary amides is 1. The van der Waals surface area contributed by atoms with Gasteiger partial charge in [-0.2, -0.15) is 5.10 Å². The average molecular weight is 618 g/mol. The summed E-state index contributed by atoms with van der Waals surface area (Å²) in [7, 11) is 1.60. The highest BCUT2D eigenvalue weighted by Gasteiger charge is 2.30. The smallest absolute Gasteiger partial charge is 0.407 e. The van der Waals surface area contributed by atoms with Crippen LogP contribution >= 0.6 is 0 Å². The minimum absolute atomic E-state index is 0.0514. The Morgan fingerprint density at radius 2 is 1.64 bits per heavy atom. The summed E-state index contributed by atoms with van der Waals surface area (Å²) in [6.07, 6.45) is 4.04. The second-order valence-electron chi connectivity index (χ2n) is 10.6. The van der Waals surface area contributed by atoms with Gasteiger partial charge in [-0.15, -0.1) is 0 Å². The number of allylic oxidation sites excluding steroid dienone is 2. The van der Waals surface area contributed by atoms with E-state index in [0.29, 0.717) is 52.6 Å². The summed E-state index contributed by atoms with van der Waals surface area (Å²) in [5, 5.41) is 10.0. The van der Waals surface area contributed by atoms with Gasteiger partial charge < -0.3 is 40.1 Å². The molecule has 1 fully saturated rings. The van der Waals surface area contributed by atoms with Crippen LogP contribution in [0, 0.1) is 5.92 Å². The van der Waals surface area contributed by atoms with Crippen molar-refractivity contribution in [2.75, 3.05) is 59.8 Å². The predicted molar refractivity (Wildman–Crippen MR) is 164 cm³/mol. The zero-order valence-corrected chi connectivity index (χ0v) is 25.9. The number of nitrogens with zero attached hydrogens (tertiary/aromatic N) is 1. The molecule has 2 aliphatic rings. The van der Waals surface area contributed by atoms with E-state index in [9.17, 15) is 14.4 Å². The molecule has 13 nitrogen and oxygen atoms in total. The van der Waals surface area contributed by atoms with Crippen LogP contribution in [0.4, 0.5) is 4.79 Å². The molecule has 3 amide bonds. The minimum atomic E-state index is -0.449. The molecule has 1 aliphatic carbocycles. The number of amides is 3. The van der Waals surface area contributed by atoms with Gasteiger partial charge in [-0.25, -0.2) is 4.79 Å². The second kappa shape index (κ2) is 19.6. The van der Waals surface area contributed by atoms with E-state index in [2.05, 4.69) is 23.0 Å². The molecule has 1 aromatic rings. The topological polar surface area (TPSA) is 172 Å². The van der Waals surface area contributed by atoms with Gasteiger partial charge >= 0.3 is 6.09 Å². The normalized spacial score (nSPS) is 18.2. The fraction of sp³-hybridized carbons (Fsp3) is 0.613. The van der Waals surface area contributed by atoms with Crippen LogP contribution in [0.2, 0.25) is 0 Å². The number of nitrogens with one attached hydrogen (secondary N) is 3. The molecule has 1 heterocycles. The van der Waals surface area contributed by atoms with Crippen molar-refractivity contribution in [3.8, 4) is 5.75 Å². The second-order valence-corrected chi connectivity index (χ2v) is 10.6. The number of nitrogens with two attached hydrogens (primary N) is 1. The summed E-state index contributed by atoms with van der Waals surface area (Å²) >= 11 is 0. The first-order chi connectivity index (χ1) is 21.4. The molecule has 0 saturated heterocycles. The quantitative estimate of drug-likeness (QED) is 0.181. The Morgan fingerprint density at radius 1 is 0.932 bits per heavy atom. The van der Waals surface area contributed by atoms with Gasteiger partial charge in [0.2, 0.25) is 11.8 Å². The first-order valence-corrected chi connectivity index (χ1v) is 15.3. The van der Waals surface area contributed by atoms with Crippen molar-refractivity contribution in [2.45, 2.75) is 58.0 Å². The van der Waals surface area contributed by atoms with Gasteiger partial charge in [0.25, 0.3) is 0 Å². The van der Waals surface area contributed by atoms with Crippen molar-refractivity contribution >= 4 is 23.6 Å². The van der Waals surface area contributed by atoms with E-state index in [1.54, 1.807) is 7.05 Å². The highest BCUT2D eigenvalue weighted by atomic mass is 16.6. The van der Waals surface area contributed by atoms with Gasteiger partial charge in [0.05, 0.1) is 45.4 Å². The van der Waals surface area contributed by atoms with Crippen LogP contribution in [-0.4, -0.2) is 89.6 Å². The summed E-state index contributed by atoms with van der Waals surface area (Å²) in [5.74, 6) is 0.409. The molecule has 5 N–H and O–H groups in total. The predicted octanol–water partition coefficient (Wildman–Crippen LogP) is 2.38. The Labute approximate surface area is 259 Å². The molecular weight excluding hydrogens is 570 g/mol. The Balaban J connectivity index is 1.41. The van der Waals surface area contributed by atoms with Crippen LogP contribution in [0.3, 0.4) is 0 Å². The fourth-order valence-corrected chi connectivity index (χ4v) is 5.04.